The molecule has 17 heavy (non-hydrogen) atoms. The van der Waals surface area contributed by atoms with E-state index in [0.29, 0.717) is 26.1 Å². The lowest BCUT2D eigenvalue weighted by Crippen LogP contribution is -2.45. The molecule has 0 saturated carbocycles. The van der Waals surface area contributed by atoms with Crippen LogP contribution in [0.25, 0.3) is 0 Å². The molecular weight excluding hydrogens is 220 g/mol. The molecule has 0 aromatic rings. The summed E-state index contributed by atoms with van der Waals surface area (Å²) in [4.78, 5) is 13.6. The number of carbonyl (C=O) groups excluding carboxylic acids is 1. The first-order valence-corrected chi connectivity index (χ1v) is 6.31. The zero-order valence-corrected chi connectivity index (χ0v) is 11.0. The van der Waals surface area contributed by atoms with Gasteiger partial charge in [0.05, 0.1) is 12.6 Å². The second-order valence-corrected chi connectivity index (χ2v) is 4.14. The van der Waals surface area contributed by atoms with Crippen molar-refractivity contribution in [3.63, 3.8) is 0 Å². The quantitative estimate of drug-likeness (QED) is 0.546. The van der Waals surface area contributed by atoms with Crippen LogP contribution in [0, 0.1) is 0 Å². The van der Waals surface area contributed by atoms with Crippen LogP contribution in [0.15, 0.2) is 0 Å². The highest BCUT2D eigenvalue weighted by Gasteiger charge is 2.19. The molecule has 0 radical (unpaired) electrons. The van der Waals surface area contributed by atoms with Gasteiger partial charge >= 0.3 is 0 Å². The van der Waals surface area contributed by atoms with Crippen molar-refractivity contribution in [1.82, 2.24) is 4.90 Å². The molecule has 0 saturated heterocycles. The number of aliphatic hydroxyl groups excluding tert-OH is 1. The van der Waals surface area contributed by atoms with Crippen LogP contribution in [-0.4, -0.2) is 55.4 Å². The fourth-order valence-electron chi connectivity index (χ4n) is 1.61. The number of unbranched alkanes of at least 4 members (excludes halogenated alkanes) is 1. The van der Waals surface area contributed by atoms with E-state index in [1.807, 2.05) is 0 Å². The van der Waals surface area contributed by atoms with Crippen LogP contribution < -0.4 is 5.73 Å². The zero-order valence-electron chi connectivity index (χ0n) is 11.0. The van der Waals surface area contributed by atoms with Crippen LogP contribution in [0.2, 0.25) is 0 Å². The van der Waals surface area contributed by atoms with E-state index in [0.717, 1.165) is 19.3 Å². The predicted octanol–water partition coefficient (Wildman–Crippen LogP) is 0.361. The molecule has 0 spiro atoms. The molecule has 0 heterocycles. The first-order valence-electron chi connectivity index (χ1n) is 6.31. The monoisotopic (exact) mass is 246 g/mol. The third-order valence-corrected chi connectivity index (χ3v) is 2.64. The van der Waals surface area contributed by atoms with Gasteiger partial charge in [-0.1, -0.05) is 13.3 Å². The summed E-state index contributed by atoms with van der Waals surface area (Å²) in [5.74, 6) is -0.0661. The van der Waals surface area contributed by atoms with Gasteiger partial charge in [0, 0.05) is 26.8 Å². The Balaban J connectivity index is 4.08. The maximum absolute atomic E-state index is 12.0. The summed E-state index contributed by atoms with van der Waals surface area (Å²) in [7, 11) is 1.63. The normalized spacial score (nSPS) is 12.5. The lowest BCUT2D eigenvalue weighted by Gasteiger charge is -2.24. The van der Waals surface area contributed by atoms with Crippen LogP contribution in [0.3, 0.4) is 0 Å². The molecule has 3 N–H and O–H groups in total. The molecule has 0 aromatic carbocycles. The minimum atomic E-state index is -0.478. The Morgan fingerprint density at radius 2 is 2.12 bits per heavy atom. The molecule has 1 unspecified atom stereocenters. The summed E-state index contributed by atoms with van der Waals surface area (Å²) >= 11 is 0. The summed E-state index contributed by atoms with van der Waals surface area (Å²) in [5, 5.41) is 8.93. The molecule has 0 aromatic heterocycles. The molecule has 0 fully saturated rings. The van der Waals surface area contributed by atoms with E-state index >= 15 is 0 Å². The lowest BCUT2D eigenvalue weighted by molar-refractivity contribution is -0.133. The molecule has 5 nitrogen and oxygen atoms in total. The third kappa shape index (κ3) is 7.31. The Morgan fingerprint density at radius 3 is 2.65 bits per heavy atom. The van der Waals surface area contributed by atoms with E-state index in [9.17, 15) is 4.79 Å². The summed E-state index contributed by atoms with van der Waals surface area (Å²) in [6.07, 6.45) is 3.37. The van der Waals surface area contributed by atoms with Gasteiger partial charge in [-0.15, -0.1) is 0 Å². The summed E-state index contributed by atoms with van der Waals surface area (Å²) in [5.41, 5.74) is 5.83. The summed E-state index contributed by atoms with van der Waals surface area (Å²) < 4.78 is 4.92. The van der Waals surface area contributed by atoms with Crippen molar-refractivity contribution in [2.45, 2.75) is 38.6 Å². The SMILES string of the molecule is CCCCN(CCO)C(=O)C(N)CCCOC. The van der Waals surface area contributed by atoms with Gasteiger partial charge < -0.3 is 20.5 Å². The molecule has 0 aliphatic rings. The van der Waals surface area contributed by atoms with Crippen molar-refractivity contribution in [3.05, 3.63) is 0 Å². The fourth-order valence-corrected chi connectivity index (χ4v) is 1.61. The maximum Gasteiger partial charge on any atom is 0.239 e. The van der Waals surface area contributed by atoms with Gasteiger partial charge in [0.2, 0.25) is 5.91 Å². The molecule has 0 aliphatic carbocycles. The van der Waals surface area contributed by atoms with Crippen LogP contribution >= 0.6 is 0 Å². The molecule has 0 aliphatic heterocycles. The molecule has 0 bridgehead atoms. The van der Waals surface area contributed by atoms with Gasteiger partial charge in [-0.2, -0.15) is 0 Å². The lowest BCUT2D eigenvalue weighted by atomic mass is 10.1. The van der Waals surface area contributed by atoms with E-state index in [1.54, 1.807) is 12.0 Å². The van der Waals surface area contributed by atoms with Gasteiger partial charge in [0.15, 0.2) is 0 Å². The molecule has 0 rings (SSSR count). The van der Waals surface area contributed by atoms with Crippen LogP contribution in [0.5, 0.6) is 0 Å². The number of nitrogens with two attached hydrogens (primary N) is 1. The average Bonchev–Trinajstić information content (AvgIpc) is 2.33. The van der Waals surface area contributed by atoms with Gasteiger partial charge in [-0.05, 0) is 19.3 Å². The second kappa shape index (κ2) is 10.5. The highest BCUT2D eigenvalue weighted by Crippen LogP contribution is 2.03. The molecule has 1 atom stereocenters. The Kier molecular flexibility index (Phi) is 10.1. The highest BCUT2D eigenvalue weighted by molar-refractivity contribution is 5.81. The number of hydrogen-bond donors (Lipinski definition) is 2. The average molecular weight is 246 g/mol. The van der Waals surface area contributed by atoms with Crippen molar-refractivity contribution in [2.75, 3.05) is 33.4 Å². The summed E-state index contributed by atoms with van der Waals surface area (Å²) in [6.45, 7) is 3.72. The van der Waals surface area contributed by atoms with E-state index in [-0.39, 0.29) is 12.5 Å². The zero-order chi connectivity index (χ0) is 13.1. The number of aliphatic hydroxyl groups is 1. The number of methoxy groups -OCH3 is 1. The van der Waals surface area contributed by atoms with E-state index in [4.69, 9.17) is 15.6 Å². The number of nitrogens with zero attached hydrogens (tertiary/aromatic N) is 1. The number of hydrogen-bond acceptors (Lipinski definition) is 4. The minimum absolute atomic E-state index is 0.0136. The number of amides is 1. The third-order valence-electron chi connectivity index (χ3n) is 2.64. The van der Waals surface area contributed by atoms with Gasteiger partial charge in [-0.3, -0.25) is 4.79 Å². The summed E-state index contributed by atoms with van der Waals surface area (Å²) in [6, 6.07) is -0.478. The van der Waals surface area contributed by atoms with Gasteiger partial charge in [-0.25, -0.2) is 0 Å². The first-order chi connectivity index (χ1) is 8.17. The van der Waals surface area contributed by atoms with E-state index in [1.165, 1.54) is 0 Å². The number of ether oxygens (including phenoxy) is 1. The Hall–Kier alpha value is -0.650. The largest absolute Gasteiger partial charge is 0.395 e. The standard InChI is InChI=1S/C12H26N2O3/c1-3-4-7-14(8-9-15)12(16)11(13)6-5-10-17-2/h11,15H,3-10,13H2,1-2H3. The highest BCUT2D eigenvalue weighted by atomic mass is 16.5. The van der Waals surface area contributed by atoms with E-state index in [2.05, 4.69) is 6.92 Å². The van der Waals surface area contributed by atoms with Crippen molar-refractivity contribution < 1.29 is 14.6 Å². The molecule has 102 valence electrons. The molecular formula is C12H26N2O3. The Morgan fingerprint density at radius 1 is 1.41 bits per heavy atom. The first kappa shape index (κ1) is 16.4. The number of carbonyl (C=O) groups is 1. The van der Waals surface area contributed by atoms with Gasteiger partial charge in [0.25, 0.3) is 0 Å². The Bertz CT molecular complexity index is 200. The van der Waals surface area contributed by atoms with Crippen molar-refractivity contribution >= 4 is 5.91 Å². The van der Waals surface area contributed by atoms with Crippen molar-refractivity contribution in [2.24, 2.45) is 5.73 Å². The van der Waals surface area contributed by atoms with Crippen LogP contribution in [0.4, 0.5) is 0 Å². The smallest absolute Gasteiger partial charge is 0.239 e. The second-order valence-electron chi connectivity index (χ2n) is 4.14. The van der Waals surface area contributed by atoms with E-state index < -0.39 is 6.04 Å². The van der Waals surface area contributed by atoms with Crippen molar-refractivity contribution in [1.29, 1.82) is 0 Å². The van der Waals surface area contributed by atoms with Gasteiger partial charge in [0.1, 0.15) is 0 Å². The molecule has 5 heteroatoms. The van der Waals surface area contributed by atoms with Crippen LogP contribution in [0.1, 0.15) is 32.6 Å². The minimum Gasteiger partial charge on any atom is -0.395 e. The topological polar surface area (TPSA) is 75.8 Å². The maximum atomic E-state index is 12.0. The number of rotatable bonds is 10. The Labute approximate surface area is 104 Å². The predicted molar refractivity (Wildman–Crippen MR) is 67.7 cm³/mol. The van der Waals surface area contributed by atoms with Crippen LogP contribution in [-0.2, 0) is 9.53 Å². The fraction of sp³-hybridized carbons (Fsp3) is 0.917. The molecule has 1 amide bonds. The van der Waals surface area contributed by atoms with Crippen molar-refractivity contribution in [3.8, 4) is 0 Å².